The molecule has 0 saturated heterocycles. The van der Waals surface area contributed by atoms with E-state index in [1.165, 1.54) is 13.8 Å². The minimum atomic E-state index is -0.985. The third-order valence-electron chi connectivity index (χ3n) is 2.19. The van der Waals surface area contributed by atoms with Crippen LogP contribution in [-0.2, 0) is 9.59 Å². The molecule has 0 N–H and O–H groups in total. The van der Waals surface area contributed by atoms with Crippen LogP contribution in [0.5, 0.6) is 5.75 Å². The van der Waals surface area contributed by atoms with Gasteiger partial charge in [-0.2, -0.15) is 0 Å². The van der Waals surface area contributed by atoms with E-state index in [4.69, 9.17) is 4.74 Å². The lowest BCUT2D eigenvalue weighted by molar-refractivity contribution is -0.134. The van der Waals surface area contributed by atoms with Crippen LogP contribution in [0.3, 0.4) is 0 Å². The molecule has 3 nitrogen and oxygen atoms in total. The topological polar surface area (TPSA) is 43.4 Å². The second kappa shape index (κ2) is 4.92. The van der Waals surface area contributed by atoms with Crippen LogP contribution < -0.4 is 4.74 Å². The molecule has 1 aromatic carbocycles. The molecule has 0 heterocycles. The van der Waals surface area contributed by atoms with Gasteiger partial charge in [-0.05, 0) is 51.0 Å². The van der Waals surface area contributed by atoms with Crippen molar-refractivity contribution in [2.24, 2.45) is 0 Å². The van der Waals surface area contributed by atoms with Gasteiger partial charge in [-0.15, -0.1) is 0 Å². The van der Waals surface area contributed by atoms with Crippen LogP contribution in [0.25, 0.3) is 0 Å². The van der Waals surface area contributed by atoms with Crippen molar-refractivity contribution >= 4 is 11.6 Å². The molecule has 0 aromatic heterocycles. The number of hydrogen-bond acceptors (Lipinski definition) is 3. The van der Waals surface area contributed by atoms with Crippen LogP contribution in [-0.4, -0.2) is 17.7 Å². The first kappa shape index (κ1) is 12.4. The maximum Gasteiger partial charge on any atom is 0.214 e. The average molecular weight is 220 g/mol. The Labute approximate surface area is 95.4 Å². The highest BCUT2D eigenvalue weighted by molar-refractivity contribution is 6.03. The van der Waals surface area contributed by atoms with Crippen LogP contribution in [0.1, 0.15) is 25.0 Å². The molecular weight excluding hydrogens is 204 g/mol. The average Bonchev–Trinajstić information content (AvgIpc) is 2.11. The molecule has 0 aliphatic heterocycles. The number of rotatable bonds is 4. The highest BCUT2D eigenvalue weighted by Gasteiger charge is 2.21. The first-order chi connectivity index (χ1) is 7.40. The van der Waals surface area contributed by atoms with Crippen molar-refractivity contribution in [2.45, 2.75) is 33.8 Å². The molecule has 0 aliphatic carbocycles. The summed E-state index contributed by atoms with van der Waals surface area (Å²) in [4.78, 5) is 22.4. The van der Waals surface area contributed by atoms with Gasteiger partial charge in [-0.1, -0.05) is 6.07 Å². The molecule has 1 aromatic rings. The van der Waals surface area contributed by atoms with Crippen molar-refractivity contribution in [3.8, 4) is 5.75 Å². The first-order valence-corrected chi connectivity index (χ1v) is 5.16. The normalized spacial score (nSPS) is 10.3. The van der Waals surface area contributed by atoms with Gasteiger partial charge in [0.1, 0.15) is 5.75 Å². The summed E-state index contributed by atoms with van der Waals surface area (Å²) in [6.07, 6.45) is -0.985. The lowest BCUT2D eigenvalue weighted by Crippen LogP contribution is -2.32. The molecular formula is C13H16O3. The molecule has 0 bridgehead atoms. The number of carbonyl (C=O) groups is 2. The molecule has 0 aliphatic rings. The van der Waals surface area contributed by atoms with Crippen LogP contribution in [0.4, 0.5) is 0 Å². The van der Waals surface area contributed by atoms with Crippen LogP contribution in [0.15, 0.2) is 18.2 Å². The number of ether oxygens (including phenoxy) is 1. The molecule has 0 unspecified atom stereocenters. The lowest BCUT2D eigenvalue weighted by atomic mass is 10.1. The van der Waals surface area contributed by atoms with Gasteiger partial charge in [-0.3, -0.25) is 9.59 Å². The van der Waals surface area contributed by atoms with Gasteiger partial charge in [-0.25, -0.2) is 0 Å². The Balaban J connectivity index is 2.93. The first-order valence-electron chi connectivity index (χ1n) is 5.16. The molecule has 86 valence electrons. The van der Waals surface area contributed by atoms with E-state index in [2.05, 4.69) is 0 Å². The number of hydrogen-bond donors (Lipinski definition) is 0. The molecule has 0 fully saturated rings. The molecule has 3 heteroatoms. The molecule has 0 amide bonds. The summed E-state index contributed by atoms with van der Waals surface area (Å²) in [5.74, 6) is 0.0196. The Morgan fingerprint density at radius 1 is 1.00 bits per heavy atom. The quantitative estimate of drug-likeness (QED) is 0.731. The van der Waals surface area contributed by atoms with Gasteiger partial charge in [0.25, 0.3) is 0 Å². The minimum Gasteiger partial charge on any atom is -0.475 e. The van der Waals surface area contributed by atoms with E-state index in [9.17, 15) is 9.59 Å². The van der Waals surface area contributed by atoms with Crippen molar-refractivity contribution in [2.75, 3.05) is 0 Å². The van der Waals surface area contributed by atoms with Gasteiger partial charge < -0.3 is 4.74 Å². The number of aryl methyl sites for hydroxylation is 2. The van der Waals surface area contributed by atoms with Crippen LogP contribution in [0.2, 0.25) is 0 Å². The molecule has 0 saturated carbocycles. The highest BCUT2D eigenvalue weighted by atomic mass is 16.5. The maximum atomic E-state index is 11.2. The molecule has 0 atom stereocenters. The fourth-order valence-corrected chi connectivity index (χ4v) is 1.59. The fraction of sp³-hybridized carbons (Fsp3) is 0.385. The summed E-state index contributed by atoms with van der Waals surface area (Å²) in [5, 5.41) is 0. The van der Waals surface area contributed by atoms with E-state index in [0.29, 0.717) is 5.75 Å². The number of Topliss-reactive ketones (excluding diaryl/α,β-unsaturated/α-hetero) is 2. The predicted octanol–water partition coefficient (Wildman–Crippen LogP) is 2.23. The summed E-state index contributed by atoms with van der Waals surface area (Å²) in [6.45, 7) is 6.59. The Morgan fingerprint density at radius 3 is 1.81 bits per heavy atom. The zero-order chi connectivity index (χ0) is 12.3. The third kappa shape index (κ3) is 3.19. The van der Waals surface area contributed by atoms with Gasteiger partial charge in [0.05, 0.1) is 0 Å². The summed E-state index contributed by atoms with van der Waals surface area (Å²) in [5.41, 5.74) is 2.08. The van der Waals surface area contributed by atoms with Crippen molar-refractivity contribution < 1.29 is 14.3 Å². The highest BCUT2D eigenvalue weighted by Crippen LogP contribution is 2.18. The molecule has 1 rings (SSSR count). The van der Waals surface area contributed by atoms with Crippen LogP contribution >= 0.6 is 0 Å². The van der Waals surface area contributed by atoms with Crippen molar-refractivity contribution in [3.05, 3.63) is 29.3 Å². The van der Waals surface area contributed by atoms with Gasteiger partial charge >= 0.3 is 0 Å². The van der Waals surface area contributed by atoms with Gasteiger partial charge in [0.15, 0.2) is 11.6 Å². The zero-order valence-electron chi connectivity index (χ0n) is 10.0. The second-order valence-corrected chi connectivity index (χ2v) is 4.04. The Hall–Kier alpha value is -1.64. The Bertz CT molecular complexity index is 387. The number of ketones is 2. The number of benzene rings is 1. The summed E-state index contributed by atoms with van der Waals surface area (Å²) in [6, 6.07) is 5.63. The summed E-state index contributed by atoms with van der Waals surface area (Å²) >= 11 is 0. The van der Waals surface area contributed by atoms with E-state index in [1.807, 2.05) is 32.0 Å². The largest absolute Gasteiger partial charge is 0.475 e. The van der Waals surface area contributed by atoms with Crippen LogP contribution in [0, 0.1) is 13.8 Å². The van der Waals surface area contributed by atoms with Crippen molar-refractivity contribution in [1.29, 1.82) is 0 Å². The summed E-state index contributed by atoms with van der Waals surface area (Å²) < 4.78 is 5.40. The smallest absolute Gasteiger partial charge is 0.214 e. The van der Waals surface area contributed by atoms with Gasteiger partial charge in [0, 0.05) is 0 Å². The summed E-state index contributed by atoms with van der Waals surface area (Å²) in [7, 11) is 0. The minimum absolute atomic E-state index is 0.272. The standard InChI is InChI=1S/C13H16O3/c1-8-5-9(2)7-12(6-8)16-13(10(3)14)11(4)15/h5-7,13H,1-4H3. The molecule has 0 radical (unpaired) electrons. The van der Waals surface area contributed by atoms with Crippen molar-refractivity contribution in [3.63, 3.8) is 0 Å². The monoisotopic (exact) mass is 220 g/mol. The van der Waals surface area contributed by atoms with E-state index in [0.717, 1.165) is 11.1 Å². The van der Waals surface area contributed by atoms with E-state index < -0.39 is 6.10 Å². The zero-order valence-corrected chi connectivity index (χ0v) is 10.0. The Kier molecular flexibility index (Phi) is 3.82. The predicted molar refractivity (Wildman–Crippen MR) is 61.7 cm³/mol. The molecule has 16 heavy (non-hydrogen) atoms. The number of carbonyl (C=O) groups excluding carboxylic acids is 2. The van der Waals surface area contributed by atoms with E-state index in [1.54, 1.807) is 0 Å². The SMILES string of the molecule is CC(=O)C(Oc1cc(C)cc(C)c1)C(C)=O. The van der Waals surface area contributed by atoms with Crippen molar-refractivity contribution in [1.82, 2.24) is 0 Å². The lowest BCUT2D eigenvalue weighted by Gasteiger charge is -2.14. The maximum absolute atomic E-state index is 11.2. The third-order valence-corrected chi connectivity index (χ3v) is 2.19. The van der Waals surface area contributed by atoms with Gasteiger partial charge in [0.2, 0.25) is 6.10 Å². The second-order valence-electron chi connectivity index (χ2n) is 4.04. The Morgan fingerprint density at radius 2 is 1.44 bits per heavy atom. The fourth-order valence-electron chi connectivity index (χ4n) is 1.59. The molecule has 0 spiro atoms. The van der Waals surface area contributed by atoms with E-state index >= 15 is 0 Å². The van der Waals surface area contributed by atoms with E-state index in [-0.39, 0.29) is 11.6 Å².